The predicted octanol–water partition coefficient (Wildman–Crippen LogP) is 3.45. The van der Waals surface area contributed by atoms with E-state index in [1.165, 1.54) is 17.4 Å². The molecule has 0 radical (unpaired) electrons. The number of carbonyl (C=O) groups excluding carboxylic acids is 1. The Labute approximate surface area is 128 Å². The van der Waals surface area contributed by atoms with Crippen LogP contribution in [0.25, 0.3) is 10.1 Å². The molecule has 114 valence electrons. The fourth-order valence-electron chi connectivity index (χ4n) is 2.22. The summed E-state index contributed by atoms with van der Waals surface area (Å²) in [6.45, 7) is 8.11. The van der Waals surface area contributed by atoms with E-state index >= 15 is 0 Å². The van der Waals surface area contributed by atoms with Crippen LogP contribution in [0.1, 0.15) is 36.0 Å². The molecule has 1 unspecified atom stereocenters. The average Bonchev–Trinajstić information content (AvgIpc) is 2.77. The molecule has 1 aromatic carbocycles. The number of aryl methyl sites for hydroxylation is 1. The number of hydrogen-bond acceptors (Lipinski definition) is 3. The molecule has 0 saturated carbocycles. The quantitative estimate of drug-likeness (QED) is 0.909. The van der Waals surface area contributed by atoms with Gasteiger partial charge in [-0.2, -0.15) is 0 Å². The van der Waals surface area contributed by atoms with E-state index in [1.54, 1.807) is 13.0 Å². The molecule has 3 nitrogen and oxygen atoms in total. The second-order valence-corrected chi connectivity index (χ2v) is 6.95. The maximum absolute atomic E-state index is 13.9. The normalized spacial score (nSPS) is 14.4. The van der Waals surface area contributed by atoms with Gasteiger partial charge in [0.25, 0.3) is 5.91 Å². The van der Waals surface area contributed by atoms with Crippen LogP contribution in [0, 0.1) is 18.7 Å². The van der Waals surface area contributed by atoms with E-state index in [1.807, 2.05) is 26.8 Å². The lowest BCUT2D eigenvalue weighted by atomic mass is 9.88. The Kier molecular flexibility index (Phi) is 4.35. The van der Waals surface area contributed by atoms with Gasteiger partial charge in [0.05, 0.1) is 10.4 Å². The van der Waals surface area contributed by atoms with E-state index in [2.05, 4.69) is 5.32 Å². The minimum absolute atomic E-state index is 0.185. The van der Waals surface area contributed by atoms with E-state index in [0.717, 1.165) is 4.70 Å². The van der Waals surface area contributed by atoms with Crippen molar-refractivity contribution in [2.75, 3.05) is 6.54 Å². The zero-order chi connectivity index (χ0) is 15.8. The van der Waals surface area contributed by atoms with Gasteiger partial charge in [-0.25, -0.2) is 4.39 Å². The summed E-state index contributed by atoms with van der Waals surface area (Å²) in [5.74, 6) is -0.265. The highest BCUT2D eigenvalue weighted by Gasteiger charge is 2.30. The van der Waals surface area contributed by atoms with Gasteiger partial charge in [-0.3, -0.25) is 4.79 Å². The molecule has 0 aliphatic rings. The van der Waals surface area contributed by atoms with Crippen molar-refractivity contribution in [1.29, 1.82) is 0 Å². The van der Waals surface area contributed by atoms with Crippen LogP contribution in [0.2, 0.25) is 0 Å². The Bertz CT molecular complexity index is 680. The van der Waals surface area contributed by atoms with Gasteiger partial charge in [-0.05, 0) is 37.5 Å². The molecule has 0 aliphatic heterocycles. The topological polar surface area (TPSA) is 55.1 Å². The van der Waals surface area contributed by atoms with Crippen molar-refractivity contribution >= 4 is 27.3 Å². The van der Waals surface area contributed by atoms with Gasteiger partial charge in [0.1, 0.15) is 5.82 Å². The fraction of sp³-hybridized carbons (Fsp3) is 0.438. The third kappa shape index (κ3) is 2.80. The van der Waals surface area contributed by atoms with Crippen molar-refractivity contribution in [3.63, 3.8) is 0 Å². The minimum atomic E-state index is -0.474. The van der Waals surface area contributed by atoms with Crippen molar-refractivity contribution < 1.29 is 9.18 Å². The molecule has 3 N–H and O–H groups in total. The Balaban J connectivity index is 2.41. The Morgan fingerprint density at radius 2 is 2.14 bits per heavy atom. The lowest BCUT2D eigenvalue weighted by molar-refractivity contribution is 0.0887. The van der Waals surface area contributed by atoms with Crippen LogP contribution in [-0.4, -0.2) is 18.0 Å². The summed E-state index contributed by atoms with van der Waals surface area (Å²) in [4.78, 5) is 13.1. The van der Waals surface area contributed by atoms with Crippen molar-refractivity contribution in [2.24, 2.45) is 11.7 Å². The highest BCUT2D eigenvalue weighted by molar-refractivity contribution is 7.21. The molecule has 1 aromatic heterocycles. The molecule has 2 aromatic rings. The zero-order valence-electron chi connectivity index (χ0n) is 12.8. The maximum atomic E-state index is 13.9. The largest absolute Gasteiger partial charge is 0.345 e. The Morgan fingerprint density at radius 3 is 2.67 bits per heavy atom. The van der Waals surface area contributed by atoms with Crippen LogP contribution in [0.5, 0.6) is 0 Å². The molecule has 2 rings (SSSR count). The monoisotopic (exact) mass is 308 g/mol. The van der Waals surface area contributed by atoms with Crippen LogP contribution in [0.15, 0.2) is 18.2 Å². The Morgan fingerprint density at radius 1 is 1.48 bits per heavy atom. The van der Waals surface area contributed by atoms with Crippen molar-refractivity contribution in [2.45, 2.75) is 33.2 Å². The molecule has 0 spiro atoms. The summed E-state index contributed by atoms with van der Waals surface area (Å²) in [7, 11) is 0. The summed E-state index contributed by atoms with van der Waals surface area (Å²) in [5, 5.41) is 3.54. The van der Waals surface area contributed by atoms with Crippen molar-refractivity contribution in [3.8, 4) is 0 Å². The average molecular weight is 308 g/mol. The van der Waals surface area contributed by atoms with Gasteiger partial charge in [0, 0.05) is 16.6 Å². The van der Waals surface area contributed by atoms with Gasteiger partial charge in [0.2, 0.25) is 0 Å². The van der Waals surface area contributed by atoms with Gasteiger partial charge in [-0.1, -0.05) is 19.9 Å². The van der Waals surface area contributed by atoms with E-state index < -0.39 is 5.54 Å². The summed E-state index contributed by atoms with van der Waals surface area (Å²) in [5.41, 5.74) is 6.01. The first-order valence-corrected chi connectivity index (χ1v) is 7.82. The highest BCUT2D eigenvalue weighted by atomic mass is 32.1. The number of halogens is 1. The van der Waals surface area contributed by atoms with Crippen molar-refractivity contribution in [3.05, 3.63) is 34.5 Å². The van der Waals surface area contributed by atoms with Crippen LogP contribution in [-0.2, 0) is 0 Å². The number of rotatable bonds is 4. The number of benzene rings is 1. The van der Waals surface area contributed by atoms with Gasteiger partial charge in [0.15, 0.2) is 0 Å². The van der Waals surface area contributed by atoms with Gasteiger partial charge in [-0.15, -0.1) is 11.3 Å². The zero-order valence-corrected chi connectivity index (χ0v) is 13.6. The third-order valence-electron chi connectivity index (χ3n) is 4.21. The summed E-state index contributed by atoms with van der Waals surface area (Å²) < 4.78 is 14.7. The van der Waals surface area contributed by atoms with E-state index in [-0.39, 0.29) is 17.6 Å². The Hall–Kier alpha value is -1.46. The molecule has 1 amide bonds. The molecule has 0 bridgehead atoms. The SMILES string of the molecule is Cc1c(C(=O)NC(C)(CN)C(C)C)sc2cccc(F)c12. The molecule has 0 aliphatic carbocycles. The molecule has 1 atom stereocenters. The summed E-state index contributed by atoms with van der Waals surface area (Å²) >= 11 is 1.32. The van der Waals surface area contributed by atoms with E-state index in [9.17, 15) is 9.18 Å². The fourth-order valence-corrected chi connectivity index (χ4v) is 3.34. The molecule has 0 saturated heterocycles. The number of fused-ring (bicyclic) bond motifs is 1. The van der Waals surface area contributed by atoms with Crippen molar-refractivity contribution in [1.82, 2.24) is 5.32 Å². The van der Waals surface area contributed by atoms with Crippen LogP contribution in [0.3, 0.4) is 0 Å². The number of amides is 1. The molecular formula is C16H21FN2OS. The van der Waals surface area contributed by atoms with Crippen LogP contribution in [0.4, 0.5) is 4.39 Å². The molecule has 21 heavy (non-hydrogen) atoms. The van der Waals surface area contributed by atoms with E-state index in [4.69, 9.17) is 5.73 Å². The lowest BCUT2D eigenvalue weighted by Gasteiger charge is -2.33. The number of nitrogens with two attached hydrogens (primary N) is 1. The van der Waals surface area contributed by atoms with Gasteiger partial charge < -0.3 is 11.1 Å². The first kappa shape index (κ1) is 15.9. The molecule has 1 heterocycles. The molecular weight excluding hydrogens is 287 g/mol. The number of carbonyl (C=O) groups is 1. The highest BCUT2D eigenvalue weighted by Crippen LogP contribution is 2.33. The lowest BCUT2D eigenvalue weighted by Crippen LogP contribution is -2.54. The second-order valence-electron chi connectivity index (χ2n) is 5.90. The smallest absolute Gasteiger partial charge is 0.262 e. The number of hydrogen-bond donors (Lipinski definition) is 2. The number of thiophene rings is 1. The summed E-state index contributed by atoms with van der Waals surface area (Å²) in [6.07, 6.45) is 0. The first-order chi connectivity index (χ1) is 9.80. The first-order valence-electron chi connectivity index (χ1n) is 7.00. The van der Waals surface area contributed by atoms with Gasteiger partial charge >= 0.3 is 0 Å². The standard InChI is InChI=1S/C16H21FN2OS/c1-9(2)16(4,8-18)19-15(20)14-10(3)13-11(17)6-5-7-12(13)21-14/h5-7,9H,8,18H2,1-4H3,(H,19,20). The molecule has 0 fully saturated rings. The third-order valence-corrected chi connectivity index (χ3v) is 5.46. The van der Waals surface area contributed by atoms with E-state index in [0.29, 0.717) is 22.4 Å². The number of nitrogens with one attached hydrogen (secondary N) is 1. The maximum Gasteiger partial charge on any atom is 0.262 e. The van der Waals surface area contributed by atoms with Crippen LogP contribution < -0.4 is 11.1 Å². The second kappa shape index (κ2) is 5.73. The molecule has 5 heteroatoms. The predicted molar refractivity (Wildman–Crippen MR) is 86.3 cm³/mol. The minimum Gasteiger partial charge on any atom is -0.345 e. The van der Waals surface area contributed by atoms with Crippen LogP contribution >= 0.6 is 11.3 Å². The summed E-state index contributed by atoms with van der Waals surface area (Å²) in [6, 6.07) is 4.91.